The number of nitrogens with two attached hydrogens (primary N) is 1. The van der Waals surface area contributed by atoms with Crippen LogP contribution < -0.4 is 11.1 Å². The smallest absolute Gasteiger partial charge is 0.410 e. The zero-order chi connectivity index (χ0) is 25.7. The highest BCUT2D eigenvalue weighted by molar-refractivity contribution is 6.06. The van der Waals surface area contributed by atoms with Crippen LogP contribution in [0.15, 0.2) is 36.4 Å². The number of likely N-dealkylation sites (tertiary alicyclic amines) is 1. The van der Waals surface area contributed by atoms with Crippen molar-refractivity contribution >= 4 is 33.8 Å². The van der Waals surface area contributed by atoms with Gasteiger partial charge >= 0.3 is 6.09 Å². The molecule has 1 amide bonds. The largest absolute Gasteiger partial charge is 0.444 e. The third kappa shape index (κ3) is 6.16. The van der Waals surface area contributed by atoms with Crippen LogP contribution in [0.5, 0.6) is 0 Å². The second-order valence-corrected chi connectivity index (χ2v) is 10.6. The molecule has 1 aromatic carbocycles. The van der Waals surface area contributed by atoms with Crippen molar-refractivity contribution in [3.63, 3.8) is 0 Å². The first-order chi connectivity index (χ1) is 17.3. The number of nitrogens with one attached hydrogen (secondary N) is 1. The van der Waals surface area contributed by atoms with E-state index in [1.165, 1.54) is 0 Å². The Balaban J connectivity index is 1.38. The van der Waals surface area contributed by atoms with Crippen LogP contribution in [0.2, 0.25) is 0 Å². The molecule has 2 aromatic heterocycles. The Morgan fingerprint density at radius 3 is 2.67 bits per heavy atom. The van der Waals surface area contributed by atoms with Gasteiger partial charge in [-0.25, -0.2) is 14.8 Å². The van der Waals surface area contributed by atoms with Gasteiger partial charge in [0.2, 0.25) is 0 Å². The first kappa shape index (κ1) is 25.9. The van der Waals surface area contributed by atoms with Crippen molar-refractivity contribution in [2.24, 2.45) is 0 Å². The minimum absolute atomic E-state index is 0.212. The number of ether oxygens (including phenoxy) is 1. The van der Waals surface area contributed by atoms with Gasteiger partial charge in [0.05, 0.1) is 11.0 Å². The Bertz CT molecular complexity index is 1220. The molecule has 194 valence electrons. The number of nitrogen functional groups attached to an aromatic ring is 1. The highest BCUT2D eigenvalue weighted by atomic mass is 16.6. The molecule has 4 rings (SSSR count). The van der Waals surface area contributed by atoms with Crippen molar-refractivity contribution < 1.29 is 9.53 Å². The number of aryl methyl sites for hydroxylation is 1. The lowest BCUT2D eigenvalue weighted by atomic mass is 10.1. The van der Waals surface area contributed by atoms with E-state index < -0.39 is 5.60 Å². The van der Waals surface area contributed by atoms with Crippen LogP contribution in [0.25, 0.3) is 21.9 Å². The van der Waals surface area contributed by atoms with Gasteiger partial charge < -0.3 is 25.3 Å². The summed E-state index contributed by atoms with van der Waals surface area (Å²) in [5.74, 6) is 1.55. The molecule has 3 aromatic rings. The van der Waals surface area contributed by atoms with Crippen molar-refractivity contribution in [1.29, 1.82) is 0 Å². The molecule has 0 saturated carbocycles. The van der Waals surface area contributed by atoms with Crippen molar-refractivity contribution in [3.05, 3.63) is 42.2 Å². The number of pyridine rings is 1. The molecule has 1 aliphatic heterocycles. The SMILES string of the molecule is CCCCc1nc2c(N)nc3ccccc3c2n1C/C=C/CNC1CCN(C(=O)OC(C)(C)C)CC1. The molecule has 1 aliphatic rings. The number of imidazole rings is 1. The van der Waals surface area contributed by atoms with Crippen LogP contribution in [0.3, 0.4) is 0 Å². The number of benzene rings is 1. The molecule has 0 bridgehead atoms. The van der Waals surface area contributed by atoms with Gasteiger partial charge in [0.15, 0.2) is 5.82 Å². The molecule has 3 N–H and O–H groups in total. The van der Waals surface area contributed by atoms with Crippen LogP contribution in [0.4, 0.5) is 10.6 Å². The van der Waals surface area contributed by atoms with Gasteiger partial charge in [-0.3, -0.25) is 0 Å². The van der Waals surface area contributed by atoms with Crippen molar-refractivity contribution in [2.75, 3.05) is 25.4 Å². The van der Waals surface area contributed by atoms with E-state index in [-0.39, 0.29) is 6.09 Å². The zero-order valence-corrected chi connectivity index (χ0v) is 22.1. The summed E-state index contributed by atoms with van der Waals surface area (Å²) in [6.07, 6.45) is 9.15. The fourth-order valence-electron chi connectivity index (χ4n) is 4.72. The lowest BCUT2D eigenvalue weighted by Crippen LogP contribution is -2.46. The third-order valence-corrected chi connectivity index (χ3v) is 6.57. The molecule has 0 atom stereocenters. The standard InChI is InChI=1S/C28H40N6O2/c1-5-6-13-23-32-24-25(21-11-7-8-12-22(21)31-26(24)29)34(23)17-10-9-16-30-20-14-18-33(19-15-20)27(35)36-28(2,3)4/h7-12,20,30H,5-6,13-19H2,1-4H3,(H2,29,31)/b10-9+. The summed E-state index contributed by atoms with van der Waals surface area (Å²) in [6, 6.07) is 8.53. The maximum atomic E-state index is 12.3. The number of allylic oxidation sites excluding steroid dienone is 1. The van der Waals surface area contributed by atoms with E-state index in [1.807, 2.05) is 43.9 Å². The van der Waals surface area contributed by atoms with Gasteiger partial charge in [-0.15, -0.1) is 0 Å². The van der Waals surface area contributed by atoms with Gasteiger partial charge in [0, 0.05) is 44.0 Å². The van der Waals surface area contributed by atoms with Gasteiger partial charge in [0.25, 0.3) is 0 Å². The Morgan fingerprint density at radius 2 is 1.94 bits per heavy atom. The predicted molar refractivity (Wildman–Crippen MR) is 146 cm³/mol. The molecule has 0 spiro atoms. The quantitative estimate of drug-likeness (QED) is 0.427. The van der Waals surface area contributed by atoms with E-state index in [9.17, 15) is 4.79 Å². The molecule has 1 saturated heterocycles. The number of piperidine rings is 1. The normalized spacial score (nSPS) is 15.4. The van der Waals surface area contributed by atoms with Crippen LogP contribution in [-0.4, -0.2) is 56.8 Å². The third-order valence-electron chi connectivity index (χ3n) is 6.57. The van der Waals surface area contributed by atoms with Gasteiger partial charge in [-0.05, 0) is 46.1 Å². The minimum atomic E-state index is -0.456. The first-order valence-corrected chi connectivity index (χ1v) is 13.2. The number of nitrogens with zero attached hydrogens (tertiary/aromatic N) is 4. The number of aromatic nitrogens is 3. The highest BCUT2D eigenvalue weighted by Crippen LogP contribution is 2.29. The molecule has 1 fully saturated rings. The number of hydrogen-bond donors (Lipinski definition) is 2. The van der Waals surface area contributed by atoms with Crippen LogP contribution >= 0.6 is 0 Å². The maximum Gasteiger partial charge on any atom is 0.410 e. The van der Waals surface area contributed by atoms with Crippen molar-refractivity contribution in [1.82, 2.24) is 24.8 Å². The van der Waals surface area contributed by atoms with E-state index in [1.54, 1.807) is 0 Å². The van der Waals surface area contributed by atoms with E-state index in [0.29, 0.717) is 11.9 Å². The summed E-state index contributed by atoms with van der Waals surface area (Å²) in [4.78, 5) is 23.6. The lowest BCUT2D eigenvalue weighted by Gasteiger charge is -2.33. The minimum Gasteiger partial charge on any atom is -0.444 e. The number of para-hydroxylation sites is 1. The Kier molecular flexibility index (Phi) is 8.14. The first-order valence-electron chi connectivity index (χ1n) is 13.2. The van der Waals surface area contributed by atoms with E-state index in [0.717, 1.165) is 86.0 Å². The summed E-state index contributed by atoms with van der Waals surface area (Å²) in [5.41, 5.74) is 8.61. The summed E-state index contributed by atoms with van der Waals surface area (Å²) in [7, 11) is 0. The van der Waals surface area contributed by atoms with E-state index in [2.05, 4.69) is 40.0 Å². The monoisotopic (exact) mass is 492 g/mol. The number of anilines is 1. The molecule has 36 heavy (non-hydrogen) atoms. The summed E-state index contributed by atoms with van der Waals surface area (Å²) in [5, 5.41) is 4.70. The topological polar surface area (TPSA) is 98.3 Å². The van der Waals surface area contributed by atoms with Crippen LogP contribution in [0, 0.1) is 0 Å². The second-order valence-electron chi connectivity index (χ2n) is 10.6. The molecule has 8 heteroatoms. The number of carbonyl (C=O) groups is 1. The van der Waals surface area contributed by atoms with Crippen LogP contribution in [-0.2, 0) is 17.7 Å². The number of amides is 1. The number of fused-ring (bicyclic) bond motifs is 3. The highest BCUT2D eigenvalue weighted by Gasteiger charge is 2.26. The predicted octanol–water partition coefficient (Wildman–Crippen LogP) is 5.05. The number of unbranched alkanes of at least 4 members (excludes halogenated alkanes) is 1. The molecule has 0 aliphatic carbocycles. The van der Waals surface area contributed by atoms with Crippen LogP contribution in [0.1, 0.15) is 59.2 Å². The fourth-order valence-corrected chi connectivity index (χ4v) is 4.72. The molecule has 0 unspecified atom stereocenters. The molecular weight excluding hydrogens is 452 g/mol. The molecule has 3 heterocycles. The molecular formula is C28H40N6O2. The van der Waals surface area contributed by atoms with Gasteiger partial charge in [-0.2, -0.15) is 0 Å². The average molecular weight is 493 g/mol. The number of carbonyl (C=O) groups excluding carboxylic acids is 1. The Labute approximate surface area is 213 Å². The van der Waals surface area contributed by atoms with E-state index in [4.69, 9.17) is 15.5 Å². The van der Waals surface area contributed by atoms with Crippen molar-refractivity contribution in [3.8, 4) is 0 Å². The Morgan fingerprint density at radius 1 is 1.19 bits per heavy atom. The lowest BCUT2D eigenvalue weighted by molar-refractivity contribution is 0.0199. The summed E-state index contributed by atoms with van der Waals surface area (Å²) >= 11 is 0. The Hall–Kier alpha value is -3.13. The molecule has 8 nitrogen and oxygen atoms in total. The van der Waals surface area contributed by atoms with E-state index >= 15 is 0 Å². The maximum absolute atomic E-state index is 12.3. The summed E-state index contributed by atoms with van der Waals surface area (Å²) < 4.78 is 7.79. The van der Waals surface area contributed by atoms with Gasteiger partial charge in [-0.1, -0.05) is 43.7 Å². The fraction of sp³-hybridized carbons (Fsp3) is 0.536. The zero-order valence-electron chi connectivity index (χ0n) is 22.1. The number of rotatable bonds is 8. The second kappa shape index (κ2) is 11.3. The molecule has 0 radical (unpaired) electrons. The summed E-state index contributed by atoms with van der Waals surface area (Å²) in [6.45, 7) is 10.9. The number of hydrogen-bond acceptors (Lipinski definition) is 6. The average Bonchev–Trinajstić information content (AvgIpc) is 3.21. The van der Waals surface area contributed by atoms with Gasteiger partial charge in [0.1, 0.15) is 16.9 Å². The van der Waals surface area contributed by atoms with Crippen molar-refractivity contribution in [2.45, 2.75) is 78.0 Å².